The van der Waals surface area contributed by atoms with Crippen LogP contribution >= 0.6 is 0 Å². The molecule has 1 aromatic heterocycles. The number of likely N-dealkylation sites (N-methyl/N-ethyl adjacent to an activating group) is 1. The van der Waals surface area contributed by atoms with Crippen molar-refractivity contribution in [3.05, 3.63) is 66.1 Å². The lowest BCUT2D eigenvalue weighted by Gasteiger charge is -2.34. The maximum Gasteiger partial charge on any atom is 0.229 e. The molecule has 1 aliphatic rings. The zero-order valence-electron chi connectivity index (χ0n) is 16.7. The zero-order chi connectivity index (χ0) is 20.2. The maximum absolute atomic E-state index is 14.7. The molecule has 2 heterocycles. The molecule has 1 aliphatic heterocycles. The van der Waals surface area contributed by atoms with Crippen LogP contribution in [0.3, 0.4) is 0 Å². The minimum absolute atomic E-state index is 0.241. The van der Waals surface area contributed by atoms with Crippen LogP contribution in [0.25, 0.3) is 0 Å². The summed E-state index contributed by atoms with van der Waals surface area (Å²) in [6.45, 7) is 5.48. The summed E-state index contributed by atoms with van der Waals surface area (Å²) in [5.41, 5.74) is 3.13. The van der Waals surface area contributed by atoms with Gasteiger partial charge < -0.3 is 20.4 Å². The number of hydrogen-bond acceptors (Lipinski definition) is 6. The van der Waals surface area contributed by atoms with Crippen molar-refractivity contribution in [2.75, 3.05) is 48.8 Å². The van der Waals surface area contributed by atoms with Gasteiger partial charge in [0.05, 0.1) is 5.69 Å². The highest BCUT2D eigenvalue weighted by molar-refractivity contribution is 5.63. The van der Waals surface area contributed by atoms with Gasteiger partial charge in [-0.2, -0.15) is 4.98 Å². The first kappa shape index (κ1) is 19.1. The monoisotopic (exact) mass is 392 g/mol. The molecule has 2 aromatic carbocycles. The van der Waals surface area contributed by atoms with Gasteiger partial charge in [-0.3, -0.25) is 0 Å². The SMILES string of the molecule is Cc1cnc(Nc2ccc(N3CCN(C)CC3)c(F)c2)nc1Nc1ccccc1. The van der Waals surface area contributed by atoms with Crippen LogP contribution in [0.15, 0.2) is 54.7 Å². The Hall–Kier alpha value is -3.19. The lowest BCUT2D eigenvalue weighted by Crippen LogP contribution is -2.44. The van der Waals surface area contributed by atoms with E-state index in [1.807, 2.05) is 49.4 Å². The summed E-state index contributed by atoms with van der Waals surface area (Å²) < 4.78 is 14.7. The molecular weight excluding hydrogens is 367 g/mol. The number of nitrogens with zero attached hydrogens (tertiary/aromatic N) is 4. The Morgan fingerprint density at radius 2 is 1.69 bits per heavy atom. The summed E-state index contributed by atoms with van der Waals surface area (Å²) in [6, 6.07) is 15.0. The van der Waals surface area contributed by atoms with Crippen molar-refractivity contribution in [3.8, 4) is 0 Å². The van der Waals surface area contributed by atoms with Crippen LogP contribution in [-0.2, 0) is 0 Å². The minimum Gasteiger partial charge on any atom is -0.367 e. The Bertz CT molecular complexity index is 970. The standard InChI is InChI=1S/C22H25FN6/c1-16-15-24-22(27-21(16)25-17-6-4-3-5-7-17)26-18-8-9-20(19(23)14-18)29-12-10-28(2)11-13-29/h3-9,14-15H,10-13H2,1-2H3,(H2,24,25,26,27). The van der Waals surface area contributed by atoms with E-state index in [9.17, 15) is 4.39 Å². The third-order valence-corrected chi connectivity index (χ3v) is 5.06. The number of anilines is 5. The average molecular weight is 392 g/mol. The van der Waals surface area contributed by atoms with Gasteiger partial charge in [0, 0.05) is 49.3 Å². The van der Waals surface area contributed by atoms with E-state index in [2.05, 4.69) is 37.4 Å². The molecule has 0 radical (unpaired) electrons. The highest BCUT2D eigenvalue weighted by atomic mass is 19.1. The van der Waals surface area contributed by atoms with Gasteiger partial charge in [0.2, 0.25) is 5.95 Å². The van der Waals surface area contributed by atoms with Crippen LogP contribution < -0.4 is 15.5 Å². The molecule has 3 aromatic rings. The van der Waals surface area contributed by atoms with E-state index >= 15 is 0 Å². The molecule has 7 heteroatoms. The summed E-state index contributed by atoms with van der Waals surface area (Å²) in [5, 5.41) is 6.40. The molecule has 0 aliphatic carbocycles. The smallest absolute Gasteiger partial charge is 0.229 e. The minimum atomic E-state index is -0.241. The highest BCUT2D eigenvalue weighted by Gasteiger charge is 2.17. The normalized spacial score (nSPS) is 14.7. The summed E-state index contributed by atoms with van der Waals surface area (Å²) in [6.07, 6.45) is 1.75. The van der Waals surface area contributed by atoms with Crippen LogP contribution in [0.5, 0.6) is 0 Å². The number of benzene rings is 2. The Morgan fingerprint density at radius 1 is 0.931 bits per heavy atom. The van der Waals surface area contributed by atoms with Gasteiger partial charge in [-0.15, -0.1) is 0 Å². The lowest BCUT2D eigenvalue weighted by molar-refractivity contribution is 0.311. The molecule has 0 atom stereocenters. The van der Waals surface area contributed by atoms with E-state index < -0.39 is 0 Å². The number of nitrogens with one attached hydrogen (secondary N) is 2. The first-order chi connectivity index (χ1) is 14.1. The van der Waals surface area contributed by atoms with Crippen LogP contribution in [-0.4, -0.2) is 48.1 Å². The van der Waals surface area contributed by atoms with E-state index in [1.54, 1.807) is 6.20 Å². The molecule has 0 spiro atoms. The lowest BCUT2D eigenvalue weighted by atomic mass is 10.2. The number of para-hydroxylation sites is 1. The molecule has 0 unspecified atom stereocenters. The summed E-state index contributed by atoms with van der Waals surface area (Å²) >= 11 is 0. The van der Waals surface area contributed by atoms with Gasteiger partial charge in [0.25, 0.3) is 0 Å². The number of hydrogen-bond donors (Lipinski definition) is 2. The first-order valence-electron chi connectivity index (χ1n) is 9.74. The van der Waals surface area contributed by atoms with E-state index in [1.165, 1.54) is 6.07 Å². The van der Waals surface area contributed by atoms with Gasteiger partial charge in [-0.05, 0) is 44.3 Å². The molecule has 0 saturated carbocycles. The largest absolute Gasteiger partial charge is 0.367 e. The van der Waals surface area contributed by atoms with Crippen molar-refractivity contribution < 1.29 is 4.39 Å². The van der Waals surface area contributed by atoms with Crippen LogP contribution in [0.4, 0.5) is 33.2 Å². The van der Waals surface area contributed by atoms with Crippen molar-refractivity contribution in [1.29, 1.82) is 0 Å². The Morgan fingerprint density at radius 3 is 2.41 bits per heavy atom. The van der Waals surface area contributed by atoms with Crippen LogP contribution in [0.2, 0.25) is 0 Å². The van der Waals surface area contributed by atoms with Crippen molar-refractivity contribution in [2.45, 2.75) is 6.92 Å². The van der Waals surface area contributed by atoms with Gasteiger partial charge in [-0.25, -0.2) is 9.37 Å². The molecule has 6 nitrogen and oxygen atoms in total. The van der Waals surface area contributed by atoms with Gasteiger partial charge in [0.1, 0.15) is 11.6 Å². The Kier molecular flexibility index (Phi) is 5.57. The Labute approximate surface area is 170 Å². The summed E-state index contributed by atoms with van der Waals surface area (Å²) in [7, 11) is 2.09. The number of piperazine rings is 1. The molecule has 4 rings (SSSR count). The fourth-order valence-electron chi connectivity index (χ4n) is 3.30. The second kappa shape index (κ2) is 8.45. The molecule has 0 bridgehead atoms. The topological polar surface area (TPSA) is 56.3 Å². The highest BCUT2D eigenvalue weighted by Crippen LogP contribution is 2.26. The first-order valence-corrected chi connectivity index (χ1v) is 9.74. The number of rotatable bonds is 5. The molecule has 0 amide bonds. The summed E-state index contributed by atoms with van der Waals surface area (Å²) in [4.78, 5) is 13.2. The zero-order valence-corrected chi connectivity index (χ0v) is 16.7. The third-order valence-electron chi connectivity index (χ3n) is 5.06. The van der Waals surface area contributed by atoms with Gasteiger partial charge in [0.15, 0.2) is 0 Å². The molecule has 150 valence electrons. The molecular formula is C22H25FN6. The van der Waals surface area contributed by atoms with Crippen molar-refractivity contribution in [2.24, 2.45) is 0 Å². The predicted octanol–water partition coefficient (Wildman–Crippen LogP) is 4.16. The summed E-state index contributed by atoms with van der Waals surface area (Å²) in [5.74, 6) is 0.887. The van der Waals surface area contributed by atoms with Crippen LogP contribution in [0.1, 0.15) is 5.56 Å². The van der Waals surface area contributed by atoms with E-state index in [0.29, 0.717) is 23.1 Å². The number of halogens is 1. The molecule has 2 N–H and O–H groups in total. The molecule has 29 heavy (non-hydrogen) atoms. The Balaban J connectivity index is 1.49. The van der Waals surface area contributed by atoms with E-state index in [0.717, 1.165) is 37.4 Å². The third kappa shape index (κ3) is 4.63. The van der Waals surface area contributed by atoms with Crippen LogP contribution in [0, 0.1) is 12.7 Å². The maximum atomic E-state index is 14.7. The van der Waals surface area contributed by atoms with Gasteiger partial charge in [-0.1, -0.05) is 18.2 Å². The fraction of sp³-hybridized carbons (Fsp3) is 0.273. The van der Waals surface area contributed by atoms with Crippen molar-refractivity contribution >= 4 is 28.8 Å². The quantitative estimate of drug-likeness (QED) is 0.680. The second-order valence-corrected chi connectivity index (χ2v) is 7.30. The predicted molar refractivity (Wildman–Crippen MR) is 116 cm³/mol. The number of aryl methyl sites for hydroxylation is 1. The second-order valence-electron chi connectivity index (χ2n) is 7.30. The molecule has 1 fully saturated rings. The van der Waals surface area contributed by atoms with E-state index in [-0.39, 0.29) is 5.82 Å². The fourth-order valence-corrected chi connectivity index (χ4v) is 3.30. The van der Waals surface area contributed by atoms with E-state index in [4.69, 9.17) is 0 Å². The average Bonchev–Trinajstić information content (AvgIpc) is 2.72. The molecule has 1 saturated heterocycles. The van der Waals surface area contributed by atoms with Gasteiger partial charge >= 0.3 is 0 Å². The van der Waals surface area contributed by atoms with Crippen molar-refractivity contribution in [3.63, 3.8) is 0 Å². The van der Waals surface area contributed by atoms with Crippen molar-refractivity contribution in [1.82, 2.24) is 14.9 Å². The number of aromatic nitrogens is 2.